The van der Waals surface area contributed by atoms with Crippen molar-refractivity contribution in [1.29, 1.82) is 0 Å². The number of hydrogen-bond acceptors (Lipinski definition) is 7. The maximum atomic E-state index is 12.1. The smallest absolute Gasteiger partial charge is 0.323 e. The first-order chi connectivity index (χ1) is 10.5. The average Bonchev–Trinajstić information content (AvgIpc) is 3.17. The van der Waals surface area contributed by atoms with E-state index in [9.17, 15) is 9.59 Å². The number of hydrogen-bond donors (Lipinski definition) is 1. The zero-order valence-corrected chi connectivity index (χ0v) is 12.5. The fourth-order valence-corrected chi connectivity index (χ4v) is 3.04. The number of carboxylic acid groups (broad SMARTS) is 1. The van der Waals surface area contributed by atoms with Crippen LogP contribution < -0.4 is 0 Å². The van der Waals surface area contributed by atoms with Gasteiger partial charge in [-0.05, 0) is 18.2 Å². The molecule has 1 aliphatic rings. The molecule has 2 aromatic heterocycles. The highest BCUT2D eigenvalue weighted by Gasteiger charge is 2.33. The Morgan fingerprint density at radius 1 is 1.50 bits per heavy atom. The Labute approximate surface area is 133 Å². The molecule has 1 aliphatic heterocycles. The predicted octanol–water partition coefficient (Wildman–Crippen LogP) is 2.22. The number of aromatic nitrogens is 1. The number of nitrogens with zero attached hydrogens (tertiary/aromatic N) is 2. The summed E-state index contributed by atoms with van der Waals surface area (Å²) in [7, 11) is 0. The van der Waals surface area contributed by atoms with Crippen molar-refractivity contribution >= 4 is 46.3 Å². The van der Waals surface area contributed by atoms with Crippen LogP contribution in [-0.4, -0.2) is 37.9 Å². The molecule has 1 N–H and O–H groups in total. The van der Waals surface area contributed by atoms with Crippen LogP contribution in [0, 0.1) is 0 Å². The Balaban J connectivity index is 1.82. The molecule has 0 saturated carbocycles. The van der Waals surface area contributed by atoms with Gasteiger partial charge in [-0.3, -0.25) is 14.5 Å². The van der Waals surface area contributed by atoms with Crippen LogP contribution in [0.25, 0.3) is 17.6 Å². The maximum absolute atomic E-state index is 12.1. The maximum Gasteiger partial charge on any atom is 0.323 e. The molecule has 1 amide bonds. The zero-order valence-electron chi connectivity index (χ0n) is 10.9. The second-order valence-corrected chi connectivity index (χ2v) is 5.93. The van der Waals surface area contributed by atoms with E-state index in [-0.39, 0.29) is 4.32 Å². The molecular formula is C13H8N2O5S2. The molecule has 2 aromatic rings. The number of rotatable bonds is 4. The summed E-state index contributed by atoms with van der Waals surface area (Å²) in [5.41, 5.74) is 0.419. The molecule has 0 aliphatic carbocycles. The number of carbonyl (C=O) groups excluding carboxylic acids is 1. The lowest BCUT2D eigenvalue weighted by atomic mass is 10.3. The monoisotopic (exact) mass is 336 g/mol. The molecule has 0 radical (unpaired) electrons. The van der Waals surface area contributed by atoms with Gasteiger partial charge in [-0.2, -0.15) is 0 Å². The van der Waals surface area contributed by atoms with Crippen molar-refractivity contribution in [2.24, 2.45) is 0 Å². The van der Waals surface area contributed by atoms with Crippen LogP contribution >= 0.6 is 24.0 Å². The standard InChI is InChI=1S/C13H8N2O5S2/c16-11(17)6-15-12(18)10(22-13(15)21)5-7-4-9(20-14-7)8-2-1-3-19-8/h1-5H,6H2,(H,16,17). The Kier molecular flexibility index (Phi) is 3.82. The Morgan fingerprint density at radius 3 is 3.00 bits per heavy atom. The minimum absolute atomic E-state index is 0.202. The summed E-state index contributed by atoms with van der Waals surface area (Å²) in [5, 5.41) is 12.6. The van der Waals surface area contributed by atoms with Crippen molar-refractivity contribution in [1.82, 2.24) is 10.1 Å². The van der Waals surface area contributed by atoms with Gasteiger partial charge in [0.1, 0.15) is 16.6 Å². The minimum Gasteiger partial charge on any atom is -0.480 e. The van der Waals surface area contributed by atoms with Crippen molar-refractivity contribution < 1.29 is 23.6 Å². The fourth-order valence-electron chi connectivity index (χ4n) is 1.80. The van der Waals surface area contributed by atoms with Gasteiger partial charge in [0.25, 0.3) is 5.91 Å². The second-order valence-electron chi connectivity index (χ2n) is 4.25. The lowest BCUT2D eigenvalue weighted by Gasteiger charge is -2.09. The zero-order chi connectivity index (χ0) is 15.7. The number of carbonyl (C=O) groups is 2. The third-order valence-corrected chi connectivity index (χ3v) is 4.12. The molecule has 9 heteroatoms. The summed E-state index contributed by atoms with van der Waals surface area (Å²) in [4.78, 5) is 24.2. The molecule has 0 unspecified atom stereocenters. The van der Waals surface area contributed by atoms with E-state index >= 15 is 0 Å². The molecule has 1 fully saturated rings. The van der Waals surface area contributed by atoms with E-state index in [1.807, 2.05) is 0 Å². The molecule has 0 bridgehead atoms. The van der Waals surface area contributed by atoms with Crippen LogP contribution in [0.1, 0.15) is 5.69 Å². The molecule has 22 heavy (non-hydrogen) atoms. The first kappa shape index (κ1) is 14.5. The van der Waals surface area contributed by atoms with Crippen molar-refractivity contribution in [2.45, 2.75) is 0 Å². The summed E-state index contributed by atoms with van der Waals surface area (Å²) in [6.45, 7) is -0.460. The predicted molar refractivity (Wildman–Crippen MR) is 81.7 cm³/mol. The highest BCUT2D eigenvalue weighted by Crippen LogP contribution is 2.32. The average molecular weight is 336 g/mol. The van der Waals surface area contributed by atoms with Gasteiger partial charge in [0, 0.05) is 6.07 Å². The SMILES string of the molecule is O=C(O)CN1C(=O)C(=Cc2cc(-c3ccco3)on2)SC1=S. The van der Waals surface area contributed by atoms with Crippen molar-refractivity contribution in [3.63, 3.8) is 0 Å². The highest BCUT2D eigenvalue weighted by atomic mass is 32.2. The molecule has 112 valence electrons. The summed E-state index contributed by atoms with van der Waals surface area (Å²) in [5.74, 6) is -0.637. The first-order valence-corrected chi connectivity index (χ1v) is 7.25. The molecule has 3 heterocycles. The van der Waals surface area contributed by atoms with Gasteiger partial charge in [0.05, 0.1) is 11.2 Å². The summed E-state index contributed by atoms with van der Waals surface area (Å²) in [6, 6.07) is 5.05. The van der Waals surface area contributed by atoms with E-state index in [2.05, 4.69) is 5.16 Å². The lowest BCUT2D eigenvalue weighted by molar-refractivity contribution is -0.140. The minimum atomic E-state index is -1.13. The summed E-state index contributed by atoms with van der Waals surface area (Å²) < 4.78 is 10.5. The number of thiocarbonyl (C=S) groups is 1. The number of amides is 1. The Morgan fingerprint density at radius 2 is 2.32 bits per heavy atom. The van der Waals surface area contributed by atoms with Crippen LogP contribution in [0.15, 0.2) is 38.3 Å². The number of carboxylic acids is 1. The van der Waals surface area contributed by atoms with E-state index in [4.69, 9.17) is 26.3 Å². The van der Waals surface area contributed by atoms with Gasteiger partial charge in [0.15, 0.2) is 5.76 Å². The van der Waals surface area contributed by atoms with Gasteiger partial charge < -0.3 is 14.0 Å². The van der Waals surface area contributed by atoms with Gasteiger partial charge >= 0.3 is 5.97 Å². The Bertz CT molecular complexity index is 778. The van der Waals surface area contributed by atoms with Crippen molar-refractivity contribution in [3.8, 4) is 11.5 Å². The van der Waals surface area contributed by atoms with Crippen LogP contribution in [0.5, 0.6) is 0 Å². The molecule has 0 atom stereocenters. The normalized spacial score (nSPS) is 16.7. The molecule has 1 saturated heterocycles. The first-order valence-electron chi connectivity index (χ1n) is 6.02. The van der Waals surface area contributed by atoms with E-state index in [0.29, 0.717) is 22.1 Å². The van der Waals surface area contributed by atoms with Gasteiger partial charge in [0.2, 0.25) is 5.76 Å². The quantitative estimate of drug-likeness (QED) is 0.670. The Hall–Kier alpha value is -2.39. The third kappa shape index (κ3) is 2.81. The molecular weight excluding hydrogens is 328 g/mol. The fraction of sp³-hybridized carbons (Fsp3) is 0.0769. The topological polar surface area (TPSA) is 96.8 Å². The van der Waals surface area contributed by atoms with E-state index in [1.54, 1.807) is 18.2 Å². The van der Waals surface area contributed by atoms with Crippen molar-refractivity contribution in [2.75, 3.05) is 6.54 Å². The van der Waals surface area contributed by atoms with Crippen LogP contribution in [0.2, 0.25) is 0 Å². The third-order valence-electron chi connectivity index (χ3n) is 2.74. The molecule has 0 spiro atoms. The van der Waals surface area contributed by atoms with E-state index < -0.39 is 18.4 Å². The van der Waals surface area contributed by atoms with Gasteiger partial charge in [-0.1, -0.05) is 29.1 Å². The number of furan rings is 1. The molecule has 3 rings (SSSR count). The van der Waals surface area contributed by atoms with E-state index in [1.165, 1.54) is 12.3 Å². The van der Waals surface area contributed by atoms with Gasteiger partial charge in [-0.25, -0.2) is 0 Å². The number of thioether (sulfide) groups is 1. The summed E-state index contributed by atoms with van der Waals surface area (Å²) >= 11 is 6.03. The van der Waals surface area contributed by atoms with Crippen molar-refractivity contribution in [3.05, 3.63) is 35.1 Å². The highest BCUT2D eigenvalue weighted by molar-refractivity contribution is 8.26. The van der Waals surface area contributed by atoms with Crippen LogP contribution in [0.4, 0.5) is 0 Å². The second kappa shape index (κ2) is 5.78. The largest absolute Gasteiger partial charge is 0.480 e. The van der Waals surface area contributed by atoms with E-state index in [0.717, 1.165) is 16.7 Å². The molecule has 0 aromatic carbocycles. The van der Waals surface area contributed by atoms with Gasteiger partial charge in [-0.15, -0.1) is 0 Å². The molecule has 7 nitrogen and oxygen atoms in total. The summed E-state index contributed by atoms with van der Waals surface area (Å²) in [6.07, 6.45) is 3.01. The lowest BCUT2D eigenvalue weighted by Crippen LogP contribution is -2.33. The number of aliphatic carboxylic acids is 1. The van der Waals surface area contributed by atoms with Crippen LogP contribution in [-0.2, 0) is 9.59 Å². The van der Waals surface area contributed by atoms with Crippen LogP contribution in [0.3, 0.4) is 0 Å².